The van der Waals surface area contributed by atoms with E-state index in [4.69, 9.17) is 16.3 Å². The summed E-state index contributed by atoms with van der Waals surface area (Å²) in [5.41, 5.74) is 1.75. The molecule has 1 heterocycles. The van der Waals surface area contributed by atoms with Crippen molar-refractivity contribution in [3.63, 3.8) is 0 Å². The van der Waals surface area contributed by atoms with Crippen LogP contribution < -0.4 is 4.74 Å². The highest BCUT2D eigenvalue weighted by Crippen LogP contribution is 2.35. The molecule has 5 heteroatoms. The highest BCUT2D eigenvalue weighted by molar-refractivity contribution is 6.32. The lowest BCUT2D eigenvalue weighted by Crippen LogP contribution is -1.99. The standard InChI is InChI=1S/C15H12ClNO3/c1-2-20-12-6-4-9(15(18)19)13-10-7-8(16)3-5-11(10)17-14(12)13/h3-7,17H,2H2,1H3,(H,18,19). The van der Waals surface area contributed by atoms with Gasteiger partial charge in [0.2, 0.25) is 0 Å². The van der Waals surface area contributed by atoms with Crippen molar-refractivity contribution < 1.29 is 14.6 Å². The second-order valence-electron chi connectivity index (χ2n) is 4.41. The third-order valence-electron chi connectivity index (χ3n) is 3.21. The van der Waals surface area contributed by atoms with Crippen LogP contribution in [-0.4, -0.2) is 22.7 Å². The maximum Gasteiger partial charge on any atom is 0.336 e. The topological polar surface area (TPSA) is 62.3 Å². The van der Waals surface area contributed by atoms with E-state index in [2.05, 4.69) is 4.98 Å². The first-order valence-electron chi connectivity index (χ1n) is 6.22. The van der Waals surface area contributed by atoms with Crippen LogP contribution in [0.5, 0.6) is 5.75 Å². The number of fused-ring (bicyclic) bond motifs is 3. The molecule has 0 spiro atoms. The summed E-state index contributed by atoms with van der Waals surface area (Å²) in [4.78, 5) is 14.6. The van der Waals surface area contributed by atoms with Gasteiger partial charge < -0.3 is 14.8 Å². The van der Waals surface area contributed by atoms with E-state index in [-0.39, 0.29) is 5.56 Å². The molecule has 20 heavy (non-hydrogen) atoms. The third-order valence-corrected chi connectivity index (χ3v) is 3.44. The van der Waals surface area contributed by atoms with Gasteiger partial charge in [-0.2, -0.15) is 0 Å². The smallest absolute Gasteiger partial charge is 0.336 e. The van der Waals surface area contributed by atoms with Gasteiger partial charge in [0.1, 0.15) is 5.75 Å². The van der Waals surface area contributed by atoms with Crippen LogP contribution in [0.25, 0.3) is 21.8 Å². The molecule has 0 aliphatic carbocycles. The lowest BCUT2D eigenvalue weighted by atomic mass is 10.1. The van der Waals surface area contributed by atoms with Gasteiger partial charge in [-0.15, -0.1) is 0 Å². The first-order valence-corrected chi connectivity index (χ1v) is 6.59. The molecule has 0 bridgehead atoms. The molecule has 3 aromatic rings. The average molecular weight is 290 g/mol. The van der Waals surface area contributed by atoms with Crippen molar-refractivity contribution in [2.75, 3.05) is 6.61 Å². The van der Waals surface area contributed by atoms with Crippen molar-refractivity contribution in [2.24, 2.45) is 0 Å². The monoisotopic (exact) mass is 289 g/mol. The van der Waals surface area contributed by atoms with Gasteiger partial charge >= 0.3 is 5.97 Å². The SMILES string of the molecule is CCOc1ccc(C(=O)O)c2c1[nH]c1ccc(Cl)cc12. The van der Waals surface area contributed by atoms with Gasteiger partial charge in [-0.25, -0.2) is 4.79 Å². The minimum absolute atomic E-state index is 0.233. The van der Waals surface area contributed by atoms with Crippen molar-refractivity contribution >= 4 is 39.4 Å². The van der Waals surface area contributed by atoms with Crippen molar-refractivity contribution in [3.05, 3.63) is 40.9 Å². The van der Waals surface area contributed by atoms with Gasteiger partial charge in [0, 0.05) is 21.3 Å². The number of nitrogens with one attached hydrogen (secondary N) is 1. The number of carbonyl (C=O) groups is 1. The Morgan fingerprint density at radius 1 is 1.35 bits per heavy atom. The molecule has 0 amide bonds. The van der Waals surface area contributed by atoms with Crippen LogP contribution in [0.3, 0.4) is 0 Å². The second-order valence-corrected chi connectivity index (χ2v) is 4.85. The fourth-order valence-electron chi connectivity index (χ4n) is 2.41. The van der Waals surface area contributed by atoms with Crippen molar-refractivity contribution in [3.8, 4) is 5.75 Å². The molecule has 2 aromatic carbocycles. The molecule has 0 saturated heterocycles. The number of H-pyrrole nitrogens is 1. The van der Waals surface area contributed by atoms with Crippen LogP contribution in [0.4, 0.5) is 0 Å². The van der Waals surface area contributed by atoms with Crippen LogP contribution in [0.1, 0.15) is 17.3 Å². The quantitative estimate of drug-likeness (QED) is 0.764. The minimum atomic E-state index is -0.973. The molecule has 4 nitrogen and oxygen atoms in total. The van der Waals surface area contributed by atoms with Gasteiger partial charge in [-0.3, -0.25) is 0 Å². The van der Waals surface area contributed by atoms with E-state index >= 15 is 0 Å². The van der Waals surface area contributed by atoms with E-state index in [1.165, 1.54) is 0 Å². The predicted octanol–water partition coefficient (Wildman–Crippen LogP) is 4.07. The van der Waals surface area contributed by atoms with E-state index in [0.717, 1.165) is 10.9 Å². The molecule has 102 valence electrons. The molecule has 2 N–H and O–H groups in total. The Bertz CT molecular complexity index is 823. The fraction of sp³-hybridized carbons (Fsp3) is 0.133. The highest BCUT2D eigenvalue weighted by atomic mass is 35.5. The molecule has 0 atom stereocenters. The largest absolute Gasteiger partial charge is 0.492 e. The number of carboxylic acid groups (broad SMARTS) is 1. The summed E-state index contributed by atoms with van der Waals surface area (Å²) >= 11 is 6.02. The molecule has 0 saturated carbocycles. The molecular weight excluding hydrogens is 278 g/mol. The molecule has 0 aliphatic rings. The van der Waals surface area contributed by atoms with Gasteiger partial charge in [0.15, 0.2) is 0 Å². The van der Waals surface area contributed by atoms with Crippen molar-refractivity contribution in [1.82, 2.24) is 4.98 Å². The summed E-state index contributed by atoms with van der Waals surface area (Å²) in [5, 5.41) is 11.3. The van der Waals surface area contributed by atoms with Crippen LogP contribution in [-0.2, 0) is 0 Å². The van der Waals surface area contributed by atoms with Crippen LogP contribution in [0.15, 0.2) is 30.3 Å². The van der Waals surface area contributed by atoms with Crippen molar-refractivity contribution in [2.45, 2.75) is 6.92 Å². The van der Waals surface area contributed by atoms with E-state index in [1.54, 1.807) is 24.3 Å². The zero-order valence-corrected chi connectivity index (χ0v) is 11.5. The van der Waals surface area contributed by atoms with Gasteiger partial charge in [-0.1, -0.05) is 11.6 Å². The van der Waals surface area contributed by atoms with Gasteiger partial charge in [0.25, 0.3) is 0 Å². The van der Waals surface area contributed by atoms with Gasteiger partial charge in [-0.05, 0) is 37.3 Å². The fourth-order valence-corrected chi connectivity index (χ4v) is 2.58. The van der Waals surface area contributed by atoms with Crippen LogP contribution in [0, 0.1) is 0 Å². The van der Waals surface area contributed by atoms with E-state index in [0.29, 0.717) is 28.3 Å². The molecule has 0 fully saturated rings. The molecule has 1 aromatic heterocycles. The van der Waals surface area contributed by atoms with Crippen molar-refractivity contribution in [1.29, 1.82) is 0 Å². The van der Waals surface area contributed by atoms with E-state index < -0.39 is 5.97 Å². The number of hydrogen-bond donors (Lipinski definition) is 2. The first-order chi connectivity index (χ1) is 9.61. The zero-order valence-electron chi connectivity index (χ0n) is 10.7. The Balaban J connectivity index is 2.47. The number of aromatic nitrogens is 1. The maximum atomic E-state index is 11.4. The number of rotatable bonds is 3. The summed E-state index contributed by atoms with van der Waals surface area (Å²) in [5.74, 6) is -0.334. The lowest BCUT2D eigenvalue weighted by molar-refractivity contribution is 0.0699. The summed E-state index contributed by atoms with van der Waals surface area (Å²) < 4.78 is 5.56. The number of ether oxygens (including phenoxy) is 1. The molecule has 3 rings (SSSR count). The molecule has 0 radical (unpaired) electrons. The number of carboxylic acids is 1. The van der Waals surface area contributed by atoms with E-state index in [1.807, 2.05) is 13.0 Å². The molecular formula is C15H12ClNO3. The normalized spacial score (nSPS) is 11.1. The third kappa shape index (κ3) is 1.89. The van der Waals surface area contributed by atoms with Gasteiger partial charge in [0.05, 0.1) is 17.7 Å². The Hall–Kier alpha value is -2.20. The molecule has 0 unspecified atom stereocenters. The average Bonchev–Trinajstić information content (AvgIpc) is 2.78. The summed E-state index contributed by atoms with van der Waals surface area (Å²) in [6.07, 6.45) is 0. The molecule has 0 aliphatic heterocycles. The number of halogens is 1. The Kier molecular flexibility index (Phi) is 3.03. The lowest BCUT2D eigenvalue weighted by Gasteiger charge is -2.06. The van der Waals surface area contributed by atoms with E-state index in [9.17, 15) is 9.90 Å². The number of aromatic amines is 1. The second kappa shape index (κ2) is 4.72. The van der Waals surface area contributed by atoms with Crippen LogP contribution >= 0.6 is 11.6 Å². The Morgan fingerprint density at radius 3 is 2.85 bits per heavy atom. The highest BCUT2D eigenvalue weighted by Gasteiger charge is 2.17. The number of benzene rings is 2. The first kappa shape index (κ1) is 12.8. The summed E-state index contributed by atoms with van der Waals surface area (Å²) in [7, 11) is 0. The Labute approximate surface area is 119 Å². The number of aromatic carboxylic acids is 1. The maximum absolute atomic E-state index is 11.4. The van der Waals surface area contributed by atoms with Crippen LogP contribution in [0.2, 0.25) is 5.02 Å². The minimum Gasteiger partial charge on any atom is -0.492 e. The number of hydrogen-bond acceptors (Lipinski definition) is 2. The summed E-state index contributed by atoms with van der Waals surface area (Å²) in [6.45, 7) is 2.40. The Morgan fingerprint density at radius 2 is 2.15 bits per heavy atom. The predicted molar refractivity (Wildman–Crippen MR) is 78.9 cm³/mol. The zero-order chi connectivity index (χ0) is 14.3. The summed E-state index contributed by atoms with van der Waals surface area (Å²) in [6, 6.07) is 8.59.